The Kier molecular flexibility index (Phi) is 5.17. The topological polar surface area (TPSA) is 76.0 Å². The molecule has 1 aromatic heterocycles. The summed E-state index contributed by atoms with van der Waals surface area (Å²) in [7, 11) is 0. The molecule has 0 radical (unpaired) electrons. The van der Waals surface area contributed by atoms with E-state index in [1.165, 1.54) is 0 Å². The van der Waals surface area contributed by atoms with Gasteiger partial charge >= 0.3 is 0 Å². The lowest BCUT2D eigenvalue weighted by molar-refractivity contribution is -0.128. The van der Waals surface area contributed by atoms with Gasteiger partial charge in [-0.2, -0.15) is 16.9 Å². The van der Waals surface area contributed by atoms with Gasteiger partial charge < -0.3 is 10.6 Å². The van der Waals surface area contributed by atoms with Crippen LogP contribution in [-0.2, 0) is 16.1 Å². The first-order valence-electron chi connectivity index (χ1n) is 7.79. The van der Waals surface area contributed by atoms with Gasteiger partial charge in [-0.15, -0.1) is 0 Å². The second-order valence-corrected chi connectivity index (χ2v) is 6.67. The molecule has 7 heteroatoms. The van der Waals surface area contributed by atoms with Crippen molar-refractivity contribution in [2.45, 2.75) is 25.4 Å². The zero-order valence-electron chi connectivity index (χ0n) is 12.8. The molecule has 0 aliphatic carbocycles. The second kappa shape index (κ2) is 7.50. The van der Waals surface area contributed by atoms with E-state index in [9.17, 15) is 9.59 Å². The van der Waals surface area contributed by atoms with Crippen LogP contribution in [0.5, 0.6) is 0 Å². The number of hydrogen-bond donors (Lipinski definition) is 2. The first-order valence-corrected chi connectivity index (χ1v) is 8.95. The van der Waals surface area contributed by atoms with Crippen LogP contribution in [0.15, 0.2) is 30.5 Å². The van der Waals surface area contributed by atoms with Crippen LogP contribution < -0.4 is 10.6 Å². The molecule has 3 rings (SSSR count). The smallest absolute Gasteiger partial charge is 0.243 e. The highest BCUT2D eigenvalue weighted by atomic mass is 32.2. The zero-order chi connectivity index (χ0) is 16.1. The zero-order valence-corrected chi connectivity index (χ0v) is 13.6. The molecule has 122 valence electrons. The minimum atomic E-state index is -0.416. The van der Waals surface area contributed by atoms with Crippen LogP contribution in [0.3, 0.4) is 0 Å². The molecule has 1 saturated heterocycles. The largest absolute Gasteiger partial charge is 0.354 e. The number of hydrogen-bond acceptors (Lipinski definition) is 4. The summed E-state index contributed by atoms with van der Waals surface area (Å²) in [5, 5.41) is 11.2. The van der Waals surface area contributed by atoms with Gasteiger partial charge in [0, 0.05) is 36.4 Å². The highest BCUT2D eigenvalue weighted by Crippen LogP contribution is 2.13. The van der Waals surface area contributed by atoms with E-state index in [1.54, 1.807) is 11.8 Å². The molecule has 2 heterocycles. The minimum Gasteiger partial charge on any atom is -0.354 e. The second-order valence-electron chi connectivity index (χ2n) is 5.52. The predicted molar refractivity (Wildman–Crippen MR) is 91.2 cm³/mol. The monoisotopic (exact) mass is 332 g/mol. The Bertz CT molecular complexity index is 700. The van der Waals surface area contributed by atoms with Crippen molar-refractivity contribution in [2.24, 2.45) is 0 Å². The van der Waals surface area contributed by atoms with Gasteiger partial charge in [-0.05, 0) is 12.5 Å². The molecule has 2 amide bonds. The number of carbonyl (C=O) groups is 2. The molecular weight excluding hydrogens is 312 g/mol. The molecule has 0 bridgehead atoms. The molecule has 0 spiro atoms. The minimum absolute atomic E-state index is 0.0434. The van der Waals surface area contributed by atoms with Crippen molar-refractivity contribution < 1.29 is 9.59 Å². The van der Waals surface area contributed by atoms with Gasteiger partial charge in [-0.3, -0.25) is 14.3 Å². The van der Waals surface area contributed by atoms with Crippen molar-refractivity contribution in [3.63, 3.8) is 0 Å². The van der Waals surface area contributed by atoms with Gasteiger partial charge in [-0.1, -0.05) is 18.2 Å². The number of aryl methyl sites for hydroxylation is 1. The number of amides is 2. The molecule has 1 aliphatic heterocycles. The van der Waals surface area contributed by atoms with Crippen LogP contribution in [0, 0.1) is 0 Å². The number of thioether (sulfide) groups is 1. The summed E-state index contributed by atoms with van der Waals surface area (Å²) in [5.74, 6) is 1.28. The lowest BCUT2D eigenvalue weighted by Crippen LogP contribution is -2.47. The molecule has 1 fully saturated rings. The summed E-state index contributed by atoms with van der Waals surface area (Å²) in [6.45, 7) is 1.32. The number of fused-ring (bicyclic) bond motifs is 1. The Hall–Kier alpha value is -2.02. The van der Waals surface area contributed by atoms with Gasteiger partial charge in [0.05, 0.1) is 11.7 Å². The van der Waals surface area contributed by atoms with E-state index in [0.717, 1.165) is 29.6 Å². The van der Waals surface area contributed by atoms with E-state index >= 15 is 0 Å². The fourth-order valence-electron chi connectivity index (χ4n) is 2.58. The van der Waals surface area contributed by atoms with Crippen molar-refractivity contribution in [2.75, 3.05) is 18.1 Å². The average molecular weight is 332 g/mol. The van der Waals surface area contributed by atoms with Gasteiger partial charge in [-0.25, -0.2) is 0 Å². The summed E-state index contributed by atoms with van der Waals surface area (Å²) in [6, 6.07) is 7.65. The number of rotatable bonds is 5. The standard InChI is InChI=1S/C16H20N4O2S/c21-15-6-9-23-11-13(19-15)16(22)17-7-3-8-20-14-5-2-1-4-12(14)10-18-20/h1-2,4-5,10,13H,3,6-9,11H2,(H,17,22)(H,19,21). The maximum Gasteiger partial charge on any atom is 0.243 e. The molecule has 23 heavy (non-hydrogen) atoms. The van der Waals surface area contributed by atoms with Crippen molar-refractivity contribution in [3.8, 4) is 0 Å². The van der Waals surface area contributed by atoms with E-state index in [1.807, 2.05) is 35.1 Å². The van der Waals surface area contributed by atoms with E-state index in [-0.39, 0.29) is 11.8 Å². The fourth-order valence-corrected chi connectivity index (χ4v) is 3.55. The van der Waals surface area contributed by atoms with Crippen LogP contribution >= 0.6 is 11.8 Å². The predicted octanol–water partition coefficient (Wildman–Crippen LogP) is 1.16. The first kappa shape index (κ1) is 15.9. The fraction of sp³-hybridized carbons (Fsp3) is 0.438. The number of para-hydroxylation sites is 1. The Labute approximate surface area is 139 Å². The van der Waals surface area contributed by atoms with Crippen LogP contribution in [0.25, 0.3) is 10.9 Å². The number of nitrogens with one attached hydrogen (secondary N) is 2. The van der Waals surface area contributed by atoms with Crippen molar-refractivity contribution in [3.05, 3.63) is 30.5 Å². The number of benzene rings is 1. The van der Waals surface area contributed by atoms with Gasteiger partial charge in [0.15, 0.2) is 0 Å². The summed E-state index contributed by atoms with van der Waals surface area (Å²) in [6.07, 6.45) is 3.14. The molecule has 1 aliphatic rings. The summed E-state index contributed by atoms with van der Waals surface area (Å²) in [5.41, 5.74) is 1.10. The molecule has 0 saturated carbocycles. The van der Waals surface area contributed by atoms with Gasteiger partial charge in [0.2, 0.25) is 11.8 Å². The third-order valence-electron chi connectivity index (χ3n) is 3.81. The first-order chi connectivity index (χ1) is 11.2. The summed E-state index contributed by atoms with van der Waals surface area (Å²) >= 11 is 1.64. The van der Waals surface area contributed by atoms with Crippen LogP contribution in [0.2, 0.25) is 0 Å². The van der Waals surface area contributed by atoms with Crippen LogP contribution in [0.4, 0.5) is 0 Å². The summed E-state index contributed by atoms with van der Waals surface area (Å²) < 4.78 is 1.95. The Morgan fingerprint density at radius 1 is 1.43 bits per heavy atom. The molecule has 1 atom stereocenters. The van der Waals surface area contributed by atoms with Gasteiger partial charge in [0.1, 0.15) is 6.04 Å². The van der Waals surface area contributed by atoms with E-state index in [4.69, 9.17) is 0 Å². The van der Waals surface area contributed by atoms with E-state index in [0.29, 0.717) is 18.7 Å². The lowest BCUT2D eigenvalue weighted by Gasteiger charge is -2.15. The maximum absolute atomic E-state index is 12.1. The molecule has 6 nitrogen and oxygen atoms in total. The molecule has 1 unspecified atom stereocenters. The van der Waals surface area contributed by atoms with E-state index in [2.05, 4.69) is 15.7 Å². The number of nitrogens with zero attached hydrogens (tertiary/aromatic N) is 2. The Morgan fingerprint density at radius 2 is 2.30 bits per heavy atom. The molecular formula is C16H20N4O2S. The maximum atomic E-state index is 12.1. The van der Waals surface area contributed by atoms with E-state index < -0.39 is 6.04 Å². The Balaban J connectivity index is 1.46. The highest BCUT2D eigenvalue weighted by Gasteiger charge is 2.22. The summed E-state index contributed by atoms with van der Waals surface area (Å²) in [4.78, 5) is 23.6. The Morgan fingerprint density at radius 3 is 3.22 bits per heavy atom. The SMILES string of the molecule is O=C1CCSCC(C(=O)NCCCn2ncc3ccccc32)N1. The highest BCUT2D eigenvalue weighted by molar-refractivity contribution is 7.99. The molecule has 1 aromatic carbocycles. The molecule has 2 N–H and O–H groups in total. The van der Waals surface area contributed by atoms with Crippen LogP contribution in [0.1, 0.15) is 12.8 Å². The normalized spacial score (nSPS) is 18.4. The van der Waals surface area contributed by atoms with Crippen molar-refractivity contribution in [1.29, 1.82) is 0 Å². The van der Waals surface area contributed by atoms with Crippen molar-refractivity contribution >= 4 is 34.5 Å². The number of aromatic nitrogens is 2. The third kappa shape index (κ3) is 4.04. The third-order valence-corrected chi connectivity index (χ3v) is 4.87. The quantitative estimate of drug-likeness (QED) is 0.806. The van der Waals surface area contributed by atoms with Gasteiger partial charge in [0.25, 0.3) is 0 Å². The van der Waals surface area contributed by atoms with Crippen LogP contribution in [-0.4, -0.2) is 45.7 Å². The molecule has 2 aromatic rings. The van der Waals surface area contributed by atoms with Crippen molar-refractivity contribution in [1.82, 2.24) is 20.4 Å². The average Bonchev–Trinajstić information content (AvgIpc) is 2.84. The lowest BCUT2D eigenvalue weighted by atomic mass is 10.2. The number of carbonyl (C=O) groups excluding carboxylic acids is 2.